The SMILES string of the molecule is COC(=O)C1CCC(OCC(F)(F)c2ccccc2)CC1. The van der Waals surface area contributed by atoms with Crippen molar-refractivity contribution in [2.24, 2.45) is 5.92 Å². The van der Waals surface area contributed by atoms with Crippen LogP contribution in [0, 0.1) is 5.92 Å². The highest BCUT2D eigenvalue weighted by atomic mass is 19.3. The first kappa shape index (κ1) is 15.9. The molecule has 0 aromatic heterocycles. The average Bonchev–Trinajstić information content (AvgIpc) is 2.53. The highest BCUT2D eigenvalue weighted by Crippen LogP contribution is 2.31. The Hall–Kier alpha value is -1.49. The number of ether oxygens (including phenoxy) is 2. The fraction of sp³-hybridized carbons (Fsp3) is 0.562. The summed E-state index contributed by atoms with van der Waals surface area (Å²) < 4.78 is 38.0. The van der Waals surface area contributed by atoms with Gasteiger partial charge in [-0.3, -0.25) is 4.79 Å². The number of carbonyl (C=O) groups excluding carboxylic acids is 1. The van der Waals surface area contributed by atoms with Crippen LogP contribution in [0.1, 0.15) is 31.2 Å². The third kappa shape index (κ3) is 4.24. The Labute approximate surface area is 123 Å². The van der Waals surface area contributed by atoms with Crippen molar-refractivity contribution in [1.29, 1.82) is 0 Å². The molecular formula is C16H20F2O3. The predicted molar refractivity (Wildman–Crippen MR) is 74.1 cm³/mol. The molecule has 116 valence electrons. The van der Waals surface area contributed by atoms with Crippen molar-refractivity contribution in [3.8, 4) is 0 Å². The molecule has 0 spiro atoms. The number of methoxy groups -OCH3 is 1. The Morgan fingerprint density at radius 2 is 1.81 bits per heavy atom. The predicted octanol–water partition coefficient (Wildman–Crippen LogP) is 3.53. The van der Waals surface area contributed by atoms with Gasteiger partial charge in [-0.1, -0.05) is 30.3 Å². The molecule has 1 aromatic carbocycles. The van der Waals surface area contributed by atoms with E-state index in [4.69, 9.17) is 9.47 Å². The van der Waals surface area contributed by atoms with E-state index in [1.165, 1.54) is 19.2 Å². The van der Waals surface area contributed by atoms with E-state index in [0.717, 1.165) is 0 Å². The first-order valence-corrected chi connectivity index (χ1v) is 7.15. The number of rotatable bonds is 5. The molecule has 3 nitrogen and oxygen atoms in total. The van der Waals surface area contributed by atoms with E-state index in [0.29, 0.717) is 25.7 Å². The van der Waals surface area contributed by atoms with Crippen LogP contribution in [0.5, 0.6) is 0 Å². The first-order valence-electron chi connectivity index (χ1n) is 7.15. The minimum absolute atomic E-state index is 0.0340. The number of hydrogen-bond donors (Lipinski definition) is 0. The van der Waals surface area contributed by atoms with E-state index in [2.05, 4.69) is 0 Å². The molecule has 0 unspecified atom stereocenters. The number of alkyl halides is 2. The van der Waals surface area contributed by atoms with Gasteiger partial charge in [-0.2, -0.15) is 8.78 Å². The summed E-state index contributed by atoms with van der Waals surface area (Å²) in [6.45, 7) is -0.620. The quantitative estimate of drug-likeness (QED) is 0.780. The van der Waals surface area contributed by atoms with Crippen molar-refractivity contribution >= 4 is 5.97 Å². The second kappa shape index (κ2) is 6.98. The third-order valence-corrected chi connectivity index (χ3v) is 3.91. The molecular weight excluding hydrogens is 278 g/mol. The fourth-order valence-electron chi connectivity index (χ4n) is 2.62. The van der Waals surface area contributed by atoms with E-state index in [1.54, 1.807) is 18.2 Å². The molecule has 1 aliphatic carbocycles. The standard InChI is InChI=1S/C16H20F2O3/c1-20-15(19)12-7-9-14(10-8-12)21-11-16(17,18)13-5-3-2-4-6-13/h2-6,12,14H,7-11H2,1H3. The van der Waals surface area contributed by atoms with E-state index in [-0.39, 0.29) is 23.6 Å². The average molecular weight is 298 g/mol. The van der Waals surface area contributed by atoms with Crippen molar-refractivity contribution < 1.29 is 23.0 Å². The largest absolute Gasteiger partial charge is 0.469 e. The third-order valence-electron chi connectivity index (χ3n) is 3.91. The summed E-state index contributed by atoms with van der Waals surface area (Å²) in [5, 5.41) is 0. The molecule has 1 fully saturated rings. The van der Waals surface area contributed by atoms with Gasteiger partial charge in [-0.05, 0) is 25.7 Å². The van der Waals surface area contributed by atoms with E-state index >= 15 is 0 Å². The molecule has 0 saturated heterocycles. The van der Waals surface area contributed by atoms with Gasteiger partial charge in [0.1, 0.15) is 6.61 Å². The van der Waals surface area contributed by atoms with Crippen molar-refractivity contribution in [3.05, 3.63) is 35.9 Å². The first-order chi connectivity index (χ1) is 10.0. The second-order valence-corrected chi connectivity index (χ2v) is 5.38. The van der Waals surface area contributed by atoms with Gasteiger partial charge in [0.15, 0.2) is 0 Å². The zero-order chi connectivity index (χ0) is 15.3. The van der Waals surface area contributed by atoms with E-state index < -0.39 is 12.5 Å². The number of benzene rings is 1. The van der Waals surface area contributed by atoms with Gasteiger partial charge in [0.05, 0.1) is 19.1 Å². The van der Waals surface area contributed by atoms with Crippen LogP contribution in [-0.4, -0.2) is 25.8 Å². The summed E-state index contributed by atoms with van der Waals surface area (Å²) in [5.74, 6) is -3.33. The van der Waals surface area contributed by atoms with E-state index in [9.17, 15) is 13.6 Å². The van der Waals surface area contributed by atoms with Crippen LogP contribution in [-0.2, 0) is 20.2 Å². The van der Waals surface area contributed by atoms with Crippen LogP contribution in [0.2, 0.25) is 0 Å². The number of esters is 1. The molecule has 0 atom stereocenters. The lowest BCUT2D eigenvalue weighted by atomic mass is 9.87. The Balaban J connectivity index is 1.81. The summed E-state index contributed by atoms with van der Waals surface area (Å²) >= 11 is 0. The van der Waals surface area contributed by atoms with Crippen LogP contribution < -0.4 is 0 Å². The Morgan fingerprint density at radius 3 is 2.38 bits per heavy atom. The highest BCUT2D eigenvalue weighted by molar-refractivity contribution is 5.72. The molecule has 1 aliphatic rings. The Morgan fingerprint density at radius 1 is 1.19 bits per heavy atom. The van der Waals surface area contributed by atoms with Gasteiger partial charge >= 0.3 is 5.97 Å². The van der Waals surface area contributed by atoms with Crippen LogP contribution in [0.15, 0.2) is 30.3 Å². The summed E-state index contributed by atoms with van der Waals surface area (Å²) in [5.41, 5.74) is -0.0340. The van der Waals surface area contributed by atoms with Crippen molar-refractivity contribution in [2.75, 3.05) is 13.7 Å². The minimum Gasteiger partial charge on any atom is -0.469 e. The van der Waals surface area contributed by atoms with Crippen molar-refractivity contribution in [2.45, 2.75) is 37.7 Å². The zero-order valence-corrected chi connectivity index (χ0v) is 12.1. The normalized spacial score (nSPS) is 22.8. The van der Waals surface area contributed by atoms with Gasteiger partial charge in [0.2, 0.25) is 0 Å². The molecule has 0 bridgehead atoms. The lowest BCUT2D eigenvalue weighted by Crippen LogP contribution is -2.30. The second-order valence-electron chi connectivity index (χ2n) is 5.38. The lowest BCUT2D eigenvalue weighted by molar-refractivity contribution is -0.149. The van der Waals surface area contributed by atoms with Crippen molar-refractivity contribution in [3.63, 3.8) is 0 Å². The fourth-order valence-corrected chi connectivity index (χ4v) is 2.62. The molecule has 2 rings (SSSR count). The highest BCUT2D eigenvalue weighted by Gasteiger charge is 2.34. The Kier molecular flexibility index (Phi) is 5.28. The van der Waals surface area contributed by atoms with Gasteiger partial charge in [0, 0.05) is 5.56 Å². The molecule has 5 heteroatoms. The smallest absolute Gasteiger partial charge is 0.308 e. The topological polar surface area (TPSA) is 35.5 Å². The van der Waals surface area contributed by atoms with Crippen LogP contribution >= 0.6 is 0 Å². The maximum absolute atomic E-state index is 14.0. The lowest BCUT2D eigenvalue weighted by Gasteiger charge is -2.28. The molecule has 0 heterocycles. The number of halogens is 2. The molecule has 21 heavy (non-hydrogen) atoms. The molecule has 0 N–H and O–H groups in total. The summed E-state index contributed by atoms with van der Waals surface area (Å²) in [6, 6.07) is 7.68. The molecule has 1 saturated carbocycles. The van der Waals surface area contributed by atoms with Crippen LogP contribution in [0.3, 0.4) is 0 Å². The van der Waals surface area contributed by atoms with Crippen LogP contribution in [0.25, 0.3) is 0 Å². The zero-order valence-electron chi connectivity index (χ0n) is 12.1. The van der Waals surface area contributed by atoms with Crippen molar-refractivity contribution in [1.82, 2.24) is 0 Å². The number of carbonyl (C=O) groups is 1. The van der Waals surface area contributed by atoms with Gasteiger partial charge in [0.25, 0.3) is 5.92 Å². The maximum Gasteiger partial charge on any atom is 0.308 e. The summed E-state index contributed by atoms with van der Waals surface area (Å²) in [7, 11) is 1.37. The minimum atomic E-state index is -2.99. The molecule has 1 aromatic rings. The van der Waals surface area contributed by atoms with E-state index in [1.807, 2.05) is 0 Å². The van der Waals surface area contributed by atoms with Crippen LogP contribution in [0.4, 0.5) is 8.78 Å². The van der Waals surface area contributed by atoms with Gasteiger partial charge in [-0.15, -0.1) is 0 Å². The molecule has 0 amide bonds. The number of hydrogen-bond acceptors (Lipinski definition) is 3. The van der Waals surface area contributed by atoms with Gasteiger partial charge < -0.3 is 9.47 Å². The molecule has 0 aliphatic heterocycles. The molecule has 0 radical (unpaired) electrons. The Bertz CT molecular complexity index is 454. The maximum atomic E-state index is 14.0. The summed E-state index contributed by atoms with van der Waals surface area (Å²) in [4.78, 5) is 11.4. The summed E-state index contributed by atoms with van der Waals surface area (Å²) in [6.07, 6.45) is 2.29. The van der Waals surface area contributed by atoms with Gasteiger partial charge in [-0.25, -0.2) is 0 Å². The monoisotopic (exact) mass is 298 g/mol.